The number of ether oxygens (including phenoxy) is 2. The Hall–Kier alpha value is -1.83. The lowest BCUT2D eigenvalue weighted by atomic mass is 9.79. The van der Waals surface area contributed by atoms with Crippen LogP contribution in [0.25, 0.3) is 0 Å². The van der Waals surface area contributed by atoms with Gasteiger partial charge in [-0.3, -0.25) is 9.59 Å². The van der Waals surface area contributed by atoms with Gasteiger partial charge in [0.2, 0.25) is 0 Å². The summed E-state index contributed by atoms with van der Waals surface area (Å²) in [7, 11) is 1.69. The molecule has 0 aromatic heterocycles. The standard InChI is InChI=1S/C17H23N3O4.ClH/c1-23-11-17(4-6-18-7-5-17)10-19-16(22)12-2-3-14-13(8-12)20-15(21)9-24-14;/h2-3,8,18H,4-7,9-11H2,1H3,(H,19,22)(H,20,21);1H. The van der Waals surface area contributed by atoms with E-state index in [1.807, 2.05) is 0 Å². The minimum Gasteiger partial charge on any atom is -0.482 e. The first-order valence-corrected chi connectivity index (χ1v) is 8.16. The van der Waals surface area contributed by atoms with Gasteiger partial charge in [-0.05, 0) is 44.1 Å². The molecule has 2 aliphatic heterocycles. The van der Waals surface area contributed by atoms with E-state index in [0.717, 1.165) is 25.9 Å². The first-order valence-electron chi connectivity index (χ1n) is 8.16. The summed E-state index contributed by atoms with van der Waals surface area (Å²) in [5.41, 5.74) is 1.01. The number of methoxy groups -OCH3 is 1. The smallest absolute Gasteiger partial charge is 0.262 e. The highest BCUT2D eigenvalue weighted by Crippen LogP contribution is 2.30. The molecule has 8 heteroatoms. The topological polar surface area (TPSA) is 88.7 Å². The Labute approximate surface area is 153 Å². The van der Waals surface area contributed by atoms with Crippen LogP contribution < -0.4 is 20.7 Å². The molecule has 1 fully saturated rings. The Kier molecular flexibility index (Phi) is 6.64. The highest BCUT2D eigenvalue weighted by molar-refractivity contribution is 5.99. The predicted molar refractivity (Wildman–Crippen MR) is 96.6 cm³/mol. The van der Waals surface area contributed by atoms with Gasteiger partial charge >= 0.3 is 0 Å². The lowest BCUT2D eigenvalue weighted by Gasteiger charge is -2.37. The maximum absolute atomic E-state index is 12.5. The zero-order valence-corrected chi connectivity index (χ0v) is 15.0. The molecule has 0 bridgehead atoms. The maximum atomic E-state index is 12.5. The summed E-state index contributed by atoms with van der Waals surface area (Å²) in [6.45, 7) is 3.07. The normalized spacial score (nSPS) is 18.2. The summed E-state index contributed by atoms with van der Waals surface area (Å²) in [6, 6.07) is 5.06. The van der Waals surface area contributed by atoms with E-state index >= 15 is 0 Å². The molecule has 2 amide bonds. The van der Waals surface area contributed by atoms with Gasteiger partial charge in [0.1, 0.15) is 5.75 Å². The fraction of sp³-hybridized carbons (Fsp3) is 0.529. The zero-order chi connectivity index (χ0) is 17.0. The number of anilines is 1. The van der Waals surface area contributed by atoms with Crippen molar-refractivity contribution in [1.29, 1.82) is 0 Å². The van der Waals surface area contributed by atoms with Crippen molar-refractivity contribution in [3.05, 3.63) is 23.8 Å². The van der Waals surface area contributed by atoms with E-state index in [1.54, 1.807) is 25.3 Å². The zero-order valence-electron chi connectivity index (χ0n) is 14.2. The molecule has 1 aromatic rings. The minimum absolute atomic E-state index is 0. The van der Waals surface area contributed by atoms with Crippen LogP contribution in [0.15, 0.2) is 18.2 Å². The monoisotopic (exact) mass is 369 g/mol. The number of amides is 2. The molecule has 2 heterocycles. The van der Waals surface area contributed by atoms with Gasteiger partial charge in [0.25, 0.3) is 11.8 Å². The van der Waals surface area contributed by atoms with Crippen LogP contribution in [0.4, 0.5) is 5.69 Å². The Morgan fingerprint density at radius 2 is 2.12 bits per heavy atom. The largest absolute Gasteiger partial charge is 0.482 e. The van der Waals surface area contributed by atoms with Gasteiger partial charge in [-0.2, -0.15) is 0 Å². The van der Waals surface area contributed by atoms with Crippen molar-refractivity contribution in [3.63, 3.8) is 0 Å². The van der Waals surface area contributed by atoms with Crippen LogP contribution in [-0.4, -0.2) is 51.8 Å². The molecule has 0 saturated carbocycles. The van der Waals surface area contributed by atoms with Gasteiger partial charge in [-0.15, -0.1) is 12.4 Å². The van der Waals surface area contributed by atoms with Crippen LogP contribution in [0.5, 0.6) is 5.75 Å². The average Bonchev–Trinajstić information content (AvgIpc) is 2.60. The summed E-state index contributed by atoms with van der Waals surface area (Å²) in [5, 5.41) is 9.06. The molecule has 25 heavy (non-hydrogen) atoms. The van der Waals surface area contributed by atoms with E-state index in [4.69, 9.17) is 9.47 Å². The molecule has 2 aliphatic rings. The van der Waals surface area contributed by atoms with E-state index in [-0.39, 0.29) is 36.2 Å². The van der Waals surface area contributed by atoms with Crippen LogP contribution in [0.2, 0.25) is 0 Å². The number of benzene rings is 1. The van der Waals surface area contributed by atoms with E-state index in [0.29, 0.717) is 30.2 Å². The van der Waals surface area contributed by atoms with Crippen molar-refractivity contribution in [2.45, 2.75) is 12.8 Å². The summed E-state index contributed by atoms with van der Waals surface area (Å²) < 4.78 is 10.7. The third-order valence-electron chi connectivity index (χ3n) is 4.61. The minimum atomic E-state index is -0.214. The Balaban J connectivity index is 0.00000225. The molecule has 0 aliphatic carbocycles. The van der Waals surface area contributed by atoms with E-state index in [9.17, 15) is 9.59 Å². The van der Waals surface area contributed by atoms with Crippen LogP contribution in [0.1, 0.15) is 23.2 Å². The number of piperidine rings is 1. The lowest BCUT2D eigenvalue weighted by Crippen LogP contribution is -2.47. The van der Waals surface area contributed by atoms with Crippen molar-refractivity contribution in [1.82, 2.24) is 10.6 Å². The van der Waals surface area contributed by atoms with E-state index in [2.05, 4.69) is 16.0 Å². The second-order valence-corrected chi connectivity index (χ2v) is 6.41. The number of nitrogens with one attached hydrogen (secondary N) is 3. The fourth-order valence-electron chi connectivity index (χ4n) is 3.23. The average molecular weight is 370 g/mol. The molecule has 0 atom stereocenters. The second-order valence-electron chi connectivity index (χ2n) is 6.41. The van der Waals surface area contributed by atoms with Gasteiger partial charge in [-0.1, -0.05) is 0 Å². The number of carbonyl (C=O) groups excluding carboxylic acids is 2. The quantitative estimate of drug-likeness (QED) is 0.725. The first-order chi connectivity index (χ1) is 11.6. The number of fused-ring (bicyclic) bond motifs is 1. The van der Waals surface area contributed by atoms with Gasteiger partial charge in [0.15, 0.2) is 6.61 Å². The summed E-state index contributed by atoms with van der Waals surface area (Å²) in [6.07, 6.45) is 1.93. The molecule has 1 aromatic carbocycles. The lowest BCUT2D eigenvalue weighted by molar-refractivity contribution is -0.118. The number of hydrogen-bond donors (Lipinski definition) is 3. The highest BCUT2D eigenvalue weighted by Gasteiger charge is 2.32. The molecule has 3 N–H and O–H groups in total. The molecule has 138 valence electrons. The van der Waals surface area contributed by atoms with Crippen molar-refractivity contribution in [2.75, 3.05) is 45.3 Å². The number of rotatable bonds is 5. The highest BCUT2D eigenvalue weighted by atomic mass is 35.5. The first kappa shape index (κ1) is 19.5. The van der Waals surface area contributed by atoms with Crippen LogP contribution in [0.3, 0.4) is 0 Å². The van der Waals surface area contributed by atoms with Gasteiger partial charge in [-0.25, -0.2) is 0 Å². The number of carbonyl (C=O) groups is 2. The third kappa shape index (κ3) is 4.62. The molecule has 0 spiro atoms. The van der Waals surface area contributed by atoms with Gasteiger partial charge < -0.3 is 25.4 Å². The number of hydrogen-bond acceptors (Lipinski definition) is 5. The van der Waals surface area contributed by atoms with Crippen molar-refractivity contribution in [2.24, 2.45) is 5.41 Å². The molecule has 3 rings (SSSR count). The summed E-state index contributed by atoms with van der Waals surface area (Å²) in [4.78, 5) is 23.9. The Morgan fingerprint density at radius 1 is 1.36 bits per heavy atom. The maximum Gasteiger partial charge on any atom is 0.262 e. The van der Waals surface area contributed by atoms with Crippen molar-refractivity contribution >= 4 is 29.9 Å². The molecule has 1 saturated heterocycles. The van der Waals surface area contributed by atoms with Gasteiger partial charge in [0.05, 0.1) is 12.3 Å². The number of halogens is 1. The van der Waals surface area contributed by atoms with Crippen molar-refractivity contribution in [3.8, 4) is 5.75 Å². The van der Waals surface area contributed by atoms with E-state index < -0.39 is 0 Å². The fourth-order valence-corrected chi connectivity index (χ4v) is 3.23. The second kappa shape index (κ2) is 8.51. The molecule has 7 nitrogen and oxygen atoms in total. The molecule has 0 radical (unpaired) electrons. The molecular weight excluding hydrogens is 346 g/mol. The van der Waals surface area contributed by atoms with Crippen LogP contribution >= 0.6 is 12.4 Å². The van der Waals surface area contributed by atoms with E-state index in [1.165, 1.54) is 0 Å². The predicted octanol–water partition coefficient (Wildman–Crippen LogP) is 1.19. The Bertz CT molecular complexity index is 627. The molecular formula is C17H24ClN3O4. The van der Waals surface area contributed by atoms with Gasteiger partial charge in [0, 0.05) is 24.6 Å². The van der Waals surface area contributed by atoms with Crippen LogP contribution in [0, 0.1) is 5.41 Å². The van der Waals surface area contributed by atoms with Crippen LogP contribution in [-0.2, 0) is 9.53 Å². The van der Waals surface area contributed by atoms with Crippen molar-refractivity contribution < 1.29 is 19.1 Å². The molecule has 0 unspecified atom stereocenters. The summed E-state index contributed by atoms with van der Waals surface area (Å²) in [5.74, 6) is 0.209. The SMILES string of the molecule is COCC1(CNC(=O)c2ccc3c(c2)NC(=O)CO3)CCNCC1.Cl. The third-order valence-corrected chi connectivity index (χ3v) is 4.61. The summed E-state index contributed by atoms with van der Waals surface area (Å²) >= 11 is 0. The Morgan fingerprint density at radius 3 is 2.84 bits per heavy atom.